The normalized spacial score (nSPS) is 15.0. The van der Waals surface area contributed by atoms with E-state index in [0.717, 1.165) is 41.7 Å². The molecule has 1 aliphatic heterocycles. The Bertz CT molecular complexity index is 1490. The molecule has 1 heterocycles. The third-order valence-electron chi connectivity index (χ3n) is 6.14. The summed E-state index contributed by atoms with van der Waals surface area (Å²) in [6.45, 7) is 4.56. The number of nitrogens with one attached hydrogen (secondary N) is 1. The maximum atomic E-state index is 13.9. The number of likely N-dealkylation sites (N-methyl/N-ethyl adjacent to an activating group) is 1. The number of hydrogen-bond donors (Lipinski definition) is 1. The molecule has 0 amide bonds. The molecule has 3 aromatic carbocycles. The van der Waals surface area contributed by atoms with E-state index in [-0.39, 0.29) is 27.7 Å². The monoisotopic (exact) mass is 550 g/mol. The molecular formula is C25H28F2N4O4S2. The van der Waals surface area contributed by atoms with Crippen LogP contribution in [-0.2, 0) is 20.0 Å². The Labute approximate surface area is 216 Å². The molecule has 0 aliphatic carbocycles. The van der Waals surface area contributed by atoms with Gasteiger partial charge in [-0.05, 0) is 68.6 Å². The first-order valence-electron chi connectivity index (χ1n) is 11.7. The van der Waals surface area contributed by atoms with E-state index in [1.165, 1.54) is 30.3 Å². The molecule has 0 spiro atoms. The van der Waals surface area contributed by atoms with Gasteiger partial charge in [-0.1, -0.05) is 12.1 Å². The summed E-state index contributed by atoms with van der Waals surface area (Å²) in [6.07, 6.45) is 0. The van der Waals surface area contributed by atoms with Crippen molar-refractivity contribution in [2.24, 2.45) is 0 Å². The lowest BCUT2D eigenvalue weighted by Gasteiger charge is -2.35. The molecular weight excluding hydrogens is 522 g/mol. The fourth-order valence-electron chi connectivity index (χ4n) is 4.14. The van der Waals surface area contributed by atoms with Crippen LogP contribution >= 0.6 is 0 Å². The topological polar surface area (TPSA) is 90.0 Å². The molecule has 0 bridgehead atoms. The van der Waals surface area contributed by atoms with Crippen molar-refractivity contribution < 1.29 is 25.6 Å². The second-order valence-corrected chi connectivity index (χ2v) is 12.2. The van der Waals surface area contributed by atoms with Crippen LogP contribution in [0.15, 0.2) is 76.5 Å². The van der Waals surface area contributed by atoms with E-state index in [1.54, 1.807) is 19.1 Å². The molecule has 0 unspecified atom stereocenters. The van der Waals surface area contributed by atoms with Gasteiger partial charge in [-0.3, -0.25) is 9.03 Å². The Morgan fingerprint density at radius 3 is 2.03 bits per heavy atom. The van der Waals surface area contributed by atoms with Gasteiger partial charge in [0.2, 0.25) is 0 Å². The van der Waals surface area contributed by atoms with Crippen molar-refractivity contribution in [3.05, 3.63) is 78.4 Å². The number of rotatable bonds is 8. The van der Waals surface area contributed by atoms with Crippen LogP contribution in [0.4, 0.5) is 25.8 Å². The molecule has 0 aromatic heterocycles. The first kappa shape index (κ1) is 26.8. The Kier molecular flexibility index (Phi) is 7.72. The summed E-state index contributed by atoms with van der Waals surface area (Å²) in [6, 6.07) is 14.0. The van der Waals surface area contributed by atoms with Gasteiger partial charge in [0.15, 0.2) is 0 Å². The minimum atomic E-state index is -4.26. The molecule has 4 rings (SSSR count). The van der Waals surface area contributed by atoms with Crippen molar-refractivity contribution in [2.45, 2.75) is 16.7 Å². The van der Waals surface area contributed by atoms with Gasteiger partial charge in [0.25, 0.3) is 20.0 Å². The zero-order valence-corrected chi connectivity index (χ0v) is 22.1. The Hall–Kier alpha value is -3.22. The van der Waals surface area contributed by atoms with Crippen LogP contribution in [0.25, 0.3) is 0 Å². The Balaban J connectivity index is 1.82. The molecule has 8 nitrogen and oxygen atoms in total. The number of hydrogen-bond acceptors (Lipinski definition) is 6. The highest BCUT2D eigenvalue weighted by Gasteiger charge is 2.29. The maximum Gasteiger partial charge on any atom is 0.264 e. The lowest BCUT2D eigenvalue weighted by Crippen LogP contribution is -2.44. The van der Waals surface area contributed by atoms with Crippen molar-refractivity contribution in [3.63, 3.8) is 0 Å². The molecule has 1 saturated heterocycles. The summed E-state index contributed by atoms with van der Waals surface area (Å²) in [7, 11) is -6.50. The van der Waals surface area contributed by atoms with Crippen LogP contribution in [0.3, 0.4) is 0 Å². The molecule has 1 fully saturated rings. The smallest absolute Gasteiger partial charge is 0.264 e. The van der Waals surface area contributed by atoms with Crippen LogP contribution in [0.1, 0.15) is 6.92 Å². The third kappa shape index (κ3) is 5.86. The van der Waals surface area contributed by atoms with Gasteiger partial charge in [0, 0.05) is 38.4 Å². The van der Waals surface area contributed by atoms with Gasteiger partial charge in [0.05, 0.1) is 21.2 Å². The second kappa shape index (κ2) is 10.6. The van der Waals surface area contributed by atoms with Gasteiger partial charge in [0.1, 0.15) is 11.6 Å². The number of halogens is 2. The molecule has 1 N–H and O–H groups in total. The molecule has 0 saturated carbocycles. The largest absolute Gasteiger partial charge is 0.369 e. The summed E-state index contributed by atoms with van der Waals surface area (Å²) in [5, 5.41) is 0. The average Bonchev–Trinajstić information content (AvgIpc) is 2.85. The van der Waals surface area contributed by atoms with E-state index in [9.17, 15) is 25.6 Å². The van der Waals surface area contributed by atoms with Crippen molar-refractivity contribution in [3.8, 4) is 0 Å². The highest BCUT2D eigenvalue weighted by molar-refractivity contribution is 7.93. The van der Waals surface area contributed by atoms with Crippen LogP contribution in [-0.4, -0.2) is 61.5 Å². The zero-order chi connectivity index (χ0) is 26.8. The summed E-state index contributed by atoms with van der Waals surface area (Å²) in [5.41, 5.74) is 0.775. The van der Waals surface area contributed by atoms with E-state index in [1.807, 2.05) is 7.05 Å². The molecule has 1 aliphatic rings. The SMILES string of the molecule is CCN(c1cc(N2CCN(C)CC2)ccc1NS(=O)(=O)c1cccc(F)c1)S(=O)(=O)c1cccc(F)c1. The van der Waals surface area contributed by atoms with Gasteiger partial charge in [-0.2, -0.15) is 0 Å². The summed E-state index contributed by atoms with van der Waals surface area (Å²) in [4.78, 5) is 3.68. The van der Waals surface area contributed by atoms with Gasteiger partial charge >= 0.3 is 0 Å². The predicted octanol–water partition coefficient (Wildman–Crippen LogP) is 3.73. The predicted molar refractivity (Wildman–Crippen MR) is 140 cm³/mol. The quantitative estimate of drug-likeness (QED) is 0.460. The third-order valence-corrected chi connectivity index (χ3v) is 9.39. The van der Waals surface area contributed by atoms with Crippen molar-refractivity contribution >= 4 is 37.1 Å². The summed E-state index contributed by atoms with van der Waals surface area (Å²) < 4.78 is 84.5. The number of anilines is 3. The van der Waals surface area contributed by atoms with E-state index in [2.05, 4.69) is 14.5 Å². The minimum Gasteiger partial charge on any atom is -0.369 e. The Morgan fingerprint density at radius 1 is 0.838 bits per heavy atom. The number of nitrogens with zero attached hydrogens (tertiary/aromatic N) is 3. The number of sulfonamides is 2. The van der Waals surface area contributed by atoms with Gasteiger partial charge in [-0.25, -0.2) is 25.6 Å². The minimum absolute atomic E-state index is 0.0102. The molecule has 37 heavy (non-hydrogen) atoms. The lowest BCUT2D eigenvalue weighted by molar-refractivity contribution is 0.313. The summed E-state index contributed by atoms with van der Waals surface area (Å²) >= 11 is 0. The zero-order valence-electron chi connectivity index (χ0n) is 20.4. The van der Waals surface area contributed by atoms with Gasteiger partial charge in [-0.15, -0.1) is 0 Å². The van der Waals surface area contributed by atoms with Crippen LogP contribution in [0, 0.1) is 11.6 Å². The van der Waals surface area contributed by atoms with E-state index in [0.29, 0.717) is 18.8 Å². The highest BCUT2D eigenvalue weighted by Crippen LogP contribution is 2.36. The van der Waals surface area contributed by atoms with E-state index >= 15 is 0 Å². The average molecular weight is 551 g/mol. The highest BCUT2D eigenvalue weighted by atomic mass is 32.2. The molecule has 0 atom stereocenters. The van der Waals surface area contributed by atoms with Crippen LogP contribution in [0.2, 0.25) is 0 Å². The van der Waals surface area contributed by atoms with E-state index in [4.69, 9.17) is 0 Å². The molecule has 12 heteroatoms. The Morgan fingerprint density at radius 2 is 1.43 bits per heavy atom. The maximum absolute atomic E-state index is 13.9. The van der Waals surface area contributed by atoms with Crippen LogP contribution < -0.4 is 13.9 Å². The molecule has 198 valence electrons. The second-order valence-electron chi connectivity index (χ2n) is 8.68. The van der Waals surface area contributed by atoms with E-state index < -0.39 is 31.7 Å². The van der Waals surface area contributed by atoms with Crippen LogP contribution in [0.5, 0.6) is 0 Å². The van der Waals surface area contributed by atoms with Crippen molar-refractivity contribution in [1.82, 2.24) is 4.90 Å². The van der Waals surface area contributed by atoms with Crippen molar-refractivity contribution in [2.75, 3.05) is 53.7 Å². The number of piperazine rings is 1. The fourth-order valence-corrected chi connectivity index (χ4v) is 6.76. The standard InChI is InChI=1S/C25H28F2N4O4S2/c1-3-31(37(34,35)23-9-5-7-20(27)17-23)25-18-21(30-14-12-29(2)13-15-30)10-11-24(25)28-36(32,33)22-8-4-6-19(26)16-22/h4-11,16-18,28H,3,12-15H2,1-2H3. The lowest BCUT2D eigenvalue weighted by atomic mass is 10.2. The van der Waals surface area contributed by atoms with Crippen molar-refractivity contribution in [1.29, 1.82) is 0 Å². The first-order valence-corrected chi connectivity index (χ1v) is 14.6. The molecule has 0 radical (unpaired) electrons. The first-order chi connectivity index (χ1) is 17.5. The summed E-state index contributed by atoms with van der Waals surface area (Å²) in [5.74, 6) is -1.44. The molecule has 3 aromatic rings. The van der Waals surface area contributed by atoms with Gasteiger partial charge < -0.3 is 9.80 Å². The number of benzene rings is 3. The fraction of sp³-hybridized carbons (Fsp3) is 0.280.